The van der Waals surface area contributed by atoms with Crippen LogP contribution in [0.3, 0.4) is 0 Å². The summed E-state index contributed by atoms with van der Waals surface area (Å²) >= 11 is 0. The Morgan fingerprint density at radius 1 is 1.02 bits per heavy atom. The normalized spacial score (nSPS) is 15.0. The summed E-state index contributed by atoms with van der Waals surface area (Å²) in [5.41, 5.74) is 8.55. The lowest BCUT2D eigenvalue weighted by molar-refractivity contribution is -0.124. The van der Waals surface area contributed by atoms with E-state index in [-0.39, 0.29) is 23.6 Å². The van der Waals surface area contributed by atoms with Gasteiger partial charge in [0, 0.05) is 48.8 Å². The van der Waals surface area contributed by atoms with E-state index in [4.69, 9.17) is 10.5 Å². The molecular formula is C32H46N4O4. The molecule has 0 heterocycles. The Labute approximate surface area is 239 Å². The molecule has 4 N–H and O–H groups in total. The van der Waals surface area contributed by atoms with Crippen LogP contribution in [0.5, 0.6) is 5.75 Å². The van der Waals surface area contributed by atoms with Crippen molar-refractivity contribution in [1.29, 1.82) is 0 Å². The molecule has 3 atom stereocenters. The molecule has 8 nitrogen and oxygen atoms in total. The smallest absolute Gasteiger partial charge is 0.253 e. The van der Waals surface area contributed by atoms with Gasteiger partial charge < -0.3 is 26.0 Å². The van der Waals surface area contributed by atoms with E-state index >= 15 is 0 Å². The van der Waals surface area contributed by atoms with E-state index in [0.717, 1.165) is 24.2 Å². The van der Waals surface area contributed by atoms with Crippen LogP contribution in [0, 0.1) is 11.8 Å². The second-order valence-electron chi connectivity index (χ2n) is 11.0. The highest BCUT2D eigenvalue weighted by Gasteiger charge is 2.27. The molecule has 2 aromatic carbocycles. The van der Waals surface area contributed by atoms with Crippen molar-refractivity contribution in [1.82, 2.24) is 15.5 Å². The van der Waals surface area contributed by atoms with Crippen LogP contribution in [0.15, 0.2) is 48.5 Å². The largest absolute Gasteiger partial charge is 0.497 e. The van der Waals surface area contributed by atoms with Crippen molar-refractivity contribution >= 4 is 17.7 Å². The first-order chi connectivity index (χ1) is 19.2. The highest BCUT2D eigenvalue weighted by molar-refractivity contribution is 5.99. The Morgan fingerprint density at radius 3 is 2.27 bits per heavy atom. The van der Waals surface area contributed by atoms with Gasteiger partial charge in [0.15, 0.2) is 0 Å². The van der Waals surface area contributed by atoms with E-state index in [2.05, 4.69) is 10.6 Å². The lowest BCUT2D eigenvalue weighted by Gasteiger charge is -2.27. The highest BCUT2D eigenvalue weighted by atomic mass is 16.5. The summed E-state index contributed by atoms with van der Waals surface area (Å²) in [6, 6.07) is 13.6. The van der Waals surface area contributed by atoms with E-state index in [9.17, 15) is 14.4 Å². The minimum Gasteiger partial charge on any atom is -0.497 e. The van der Waals surface area contributed by atoms with Gasteiger partial charge in [0.2, 0.25) is 5.91 Å². The zero-order valence-corrected chi connectivity index (χ0v) is 24.4. The van der Waals surface area contributed by atoms with Gasteiger partial charge in [-0.1, -0.05) is 39.0 Å². The second-order valence-corrected chi connectivity index (χ2v) is 11.0. The van der Waals surface area contributed by atoms with Gasteiger partial charge in [0.25, 0.3) is 11.8 Å². The molecule has 2 aromatic rings. The standard InChI is InChI=1S/C32H46N4O4/c1-5-16-36(17-6-2)32(39)26-9-7-8-25(20-26)31(38)35-29(19-23-12-14-27(40-4)15-13-23)28(33)18-22(3)30(37)34-21-24-10-11-24/h7-9,12-15,20,22,24,28-29H,5-6,10-11,16-19,21,33H2,1-4H3,(H,34,37)(H,35,38)/t22-,28+,29+/m1/s1. The molecule has 1 saturated carbocycles. The van der Waals surface area contributed by atoms with Crippen LogP contribution in [0.25, 0.3) is 0 Å². The van der Waals surface area contributed by atoms with Gasteiger partial charge in [-0.25, -0.2) is 0 Å². The van der Waals surface area contributed by atoms with E-state index < -0.39 is 12.1 Å². The molecule has 0 radical (unpaired) electrons. The van der Waals surface area contributed by atoms with Crippen molar-refractivity contribution in [2.75, 3.05) is 26.7 Å². The maximum atomic E-state index is 13.5. The average Bonchev–Trinajstić information content (AvgIpc) is 3.80. The van der Waals surface area contributed by atoms with Crippen molar-refractivity contribution in [3.63, 3.8) is 0 Å². The Balaban J connectivity index is 1.74. The van der Waals surface area contributed by atoms with Gasteiger partial charge in [-0.15, -0.1) is 0 Å². The van der Waals surface area contributed by atoms with Crippen molar-refractivity contribution < 1.29 is 19.1 Å². The number of hydrogen-bond acceptors (Lipinski definition) is 5. The third kappa shape index (κ3) is 9.37. The second kappa shape index (κ2) is 15.4. The number of nitrogens with two attached hydrogens (primary N) is 1. The third-order valence-electron chi connectivity index (χ3n) is 7.43. The highest BCUT2D eigenvalue weighted by Crippen LogP contribution is 2.27. The lowest BCUT2D eigenvalue weighted by atomic mass is 9.91. The van der Waals surface area contributed by atoms with Gasteiger partial charge >= 0.3 is 0 Å². The maximum absolute atomic E-state index is 13.5. The summed E-state index contributed by atoms with van der Waals surface area (Å²) in [7, 11) is 1.62. The molecule has 1 aliphatic carbocycles. The topological polar surface area (TPSA) is 114 Å². The quantitative estimate of drug-likeness (QED) is 0.290. The van der Waals surface area contributed by atoms with E-state index in [1.807, 2.05) is 49.9 Å². The fourth-order valence-electron chi connectivity index (χ4n) is 4.83. The minimum absolute atomic E-state index is 0.00759. The molecule has 0 aliphatic heterocycles. The fourth-order valence-corrected chi connectivity index (χ4v) is 4.83. The van der Waals surface area contributed by atoms with E-state index in [1.54, 1.807) is 31.4 Å². The zero-order valence-electron chi connectivity index (χ0n) is 24.4. The maximum Gasteiger partial charge on any atom is 0.253 e. The molecule has 3 rings (SSSR count). The molecule has 8 heteroatoms. The van der Waals surface area contributed by atoms with Gasteiger partial charge in [-0.3, -0.25) is 14.4 Å². The number of benzene rings is 2. The number of ether oxygens (including phenoxy) is 1. The fraction of sp³-hybridized carbons (Fsp3) is 0.531. The number of carbonyl (C=O) groups is 3. The van der Waals surface area contributed by atoms with E-state index in [1.165, 1.54) is 12.8 Å². The molecule has 0 bridgehead atoms. The predicted octanol–water partition coefficient (Wildman–Crippen LogP) is 4.18. The summed E-state index contributed by atoms with van der Waals surface area (Å²) in [5, 5.41) is 6.14. The van der Waals surface area contributed by atoms with Crippen LogP contribution in [-0.2, 0) is 11.2 Å². The van der Waals surface area contributed by atoms with Crippen LogP contribution in [0.2, 0.25) is 0 Å². The van der Waals surface area contributed by atoms with Crippen LogP contribution in [0.1, 0.15) is 79.2 Å². The predicted molar refractivity (Wildman–Crippen MR) is 158 cm³/mol. The number of nitrogens with one attached hydrogen (secondary N) is 2. The SMILES string of the molecule is CCCN(CCC)C(=O)c1cccc(C(=O)N[C@@H](Cc2ccc(OC)cc2)[C@@H](N)C[C@@H](C)C(=O)NCC2CC2)c1. The molecule has 0 spiro atoms. The Hall–Kier alpha value is -3.39. The number of hydrogen-bond donors (Lipinski definition) is 3. The summed E-state index contributed by atoms with van der Waals surface area (Å²) in [5.74, 6) is 0.685. The molecule has 3 amide bonds. The molecule has 1 fully saturated rings. The van der Waals surface area contributed by atoms with Gasteiger partial charge in [-0.2, -0.15) is 0 Å². The Morgan fingerprint density at radius 2 is 1.68 bits per heavy atom. The molecule has 1 aliphatic rings. The van der Waals surface area contributed by atoms with Gasteiger partial charge in [0.05, 0.1) is 7.11 Å². The molecule has 218 valence electrons. The van der Waals surface area contributed by atoms with E-state index in [0.29, 0.717) is 49.5 Å². The number of nitrogens with zero attached hydrogens (tertiary/aromatic N) is 1. The molecule has 0 aromatic heterocycles. The zero-order chi connectivity index (χ0) is 29.1. The monoisotopic (exact) mass is 550 g/mol. The summed E-state index contributed by atoms with van der Waals surface area (Å²) in [4.78, 5) is 41.1. The number of amides is 3. The van der Waals surface area contributed by atoms with Crippen molar-refractivity contribution in [2.24, 2.45) is 17.6 Å². The van der Waals surface area contributed by atoms with Crippen LogP contribution >= 0.6 is 0 Å². The first-order valence-corrected chi connectivity index (χ1v) is 14.6. The summed E-state index contributed by atoms with van der Waals surface area (Å²) < 4.78 is 5.28. The number of rotatable bonds is 16. The van der Waals surface area contributed by atoms with Crippen molar-refractivity contribution in [3.05, 3.63) is 65.2 Å². The first-order valence-electron chi connectivity index (χ1n) is 14.6. The Bertz CT molecular complexity index is 1110. The van der Waals surface area contributed by atoms with Crippen LogP contribution in [0.4, 0.5) is 0 Å². The molecule has 40 heavy (non-hydrogen) atoms. The van der Waals surface area contributed by atoms with Crippen LogP contribution in [-0.4, -0.2) is 61.4 Å². The van der Waals surface area contributed by atoms with Gasteiger partial charge in [-0.05, 0) is 80.3 Å². The molecule has 0 saturated heterocycles. The average molecular weight is 551 g/mol. The number of methoxy groups -OCH3 is 1. The summed E-state index contributed by atoms with van der Waals surface area (Å²) in [6.07, 6.45) is 5.01. The lowest BCUT2D eigenvalue weighted by Crippen LogP contribution is -2.50. The van der Waals surface area contributed by atoms with Crippen molar-refractivity contribution in [2.45, 2.75) is 71.4 Å². The van der Waals surface area contributed by atoms with Crippen LogP contribution < -0.4 is 21.1 Å². The molecular weight excluding hydrogens is 504 g/mol. The minimum atomic E-state index is -0.456. The van der Waals surface area contributed by atoms with Gasteiger partial charge in [0.1, 0.15) is 5.75 Å². The first kappa shape index (κ1) is 31.1. The van der Waals surface area contributed by atoms with Crippen molar-refractivity contribution in [3.8, 4) is 5.75 Å². The number of carbonyl (C=O) groups excluding carboxylic acids is 3. The Kier molecular flexibility index (Phi) is 12.0. The third-order valence-corrected chi connectivity index (χ3v) is 7.43. The summed E-state index contributed by atoms with van der Waals surface area (Å²) in [6.45, 7) is 8.03. The molecule has 0 unspecified atom stereocenters.